The van der Waals surface area contributed by atoms with E-state index in [1.807, 2.05) is 41.2 Å². The molecular weight excluding hydrogens is 396 g/mol. The van der Waals surface area contributed by atoms with E-state index in [1.165, 1.54) is 0 Å². The van der Waals surface area contributed by atoms with Crippen LogP contribution in [-0.2, 0) is 14.6 Å². The van der Waals surface area contributed by atoms with Crippen LogP contribution >= 0.6 is 11.3 Å². The molecule has 1 aliphatic heterocycles. The van der Waals surface area contributed by atoms with Crippen molar-refractivity contribution >= 4 is 38.0 Å². The number of thiophene rings is 1. The number of rotatable bonds is 6. The summed E-state index contributed by atoms with van der Waals surface area (Å²) in [5.41, 5.74) is 3.02. The molecule has 2 N–H and O–H groups in total. The van der Waals surface area contributed by atoms with Crippen molar-refractivity contribution in [2.75, 3.05) is 18.6 Å². The van der Waals surface area contributed by atoms with Gasteiger partial charge in [-0.15, -0.1) is 0 Å². The molecule has 0 bridgehead atoms. The number of aromatic amines is 1. The number of sulfone groups is 1. The molecule has 2 aromatic heterocycles. The monoisotopic (exact) mass is 418 g/mol. The summed E-state index contributed by atoms with van der Waals surface area (Å²) in [5, 5.41) is 7.92. The van der Waals surface area contributed by atoms with Gasteiger partial charge in [0, 0.05) is 35.5 Å². The first-order valence-electron chi connectivity index (χ1n) is 9.12. The topological polar surface area (TPSA) is 88.3 Å². The average molecular weight is 419 g/mol. The maximum absolute atomic E-state index is 12.8. The van der Waals surface area contributed by atoms with Crippen molar-refractivity contribution in [2.45, 2.75) is 24.8 Å². The first kappa shape index (κ1) is 19.0. The van der Waals surface area contributed by atoms with Crippen molar-refractivity contribution in [2.24, 2.45) is 0 Å². The van der Waals surface area contributed by atoms with E-state index in [0.717, 1.165) is 27.8 Å². The molecule has 6 nitrogen and oxygen atoms in total. The number of benzene rings is 1. The number of nitrogens with one attached hydrogen (secondary N) is 2. The molecule has 0 radical (unpaired) electrons. The number of carbonyl (C=O) groups excluding carboxylic acids is 1. The third kappa shape index (κ3) is 3.79. The van der Waals surface area contributed by atoms with Crippen LogP contribution in [0.2, 0.25) is 0 Å². The van der Waals surface area contributed by atoms with E-state index in [1.54, 1.807) is 18.4 Å². The van der Waals surface area contributed by atoms with Gasteiger partial charge in [0.15, 0.2) is 9.84 Å². The van der Waals surface area contributed by atoms with Crippen LogP contribution < -0.4 is 10.1 Å². The Hall–Kier alpha value is -2.32. The molecule has 1 amide bonds. The molecule has 3 heterocycles. The summed E-state index contributed by atoms with van der Waals surface area (Å²) >= 11 is 1.59. The van der Waals surface area contributed by atoms with Crippen molar-refractivity contribution in [3.63, 3.8) is 0 Å². The second kappa shape index (κ2) is 7.60. The van der Waals surface area contributed by atoms with Crippen molar-refractivity contribution in [3.8, 4) is 5.75 Å². The molecule has 8 heteroatoms. The molecule has 1 aromatic carbocycles. The van der Waals surface area contributed by atoms with Gasteiger partial charge < -0.3 is 15.0 Å². The molecule has 0 saturated carbocycles. The van der Waals surface area contributed by atoms with Crippen molar-refractivity contribution < 1.29 is 17.9 Å². The van der Waals surface area contributed by atoms with Gasteiger partial charge in [-0.3, -0.25) is 4.79 Å². The number of carbonyl (C=O) groups is 1. The van der Waals surface area contributed by atoms with E-state index < -0.39 is 9.84 Å². The Morgan fingerprint density at radius 1 is 1.39 bits per heavy atom. The summed E-state index contributed by atoms with van der Waals surface area (Å²) in [6.45, 7) is 0. The molecule has 1 fully saturated rings. The van der Waals surface area contributed by atoms with E-state index in [2.05, 4.69) is 10.3 Å². The number of hydrogen-bond acceptors (Lipinski definition) is 5. The summed E-state index contributed by atoms with van der Waals surface area (Å²) < 4.78 is 28.9. The summed E-state index contributed by atoms with van der Waals surface area (Å²) in [4.78, 5) is 16.0. The SMILES string of the molecule is COc1cccc2[nH]cc([C@H](CC(=O)N[C@@H]3CCS(=O)(=O)C3)c3ccsc3)c12. The average Bonchev–Trinajstić information content (AvgIpc) is 3.39. The summed E-state index contributed by atoms with van der Waals surface area (Å²) in [6, 6.07) is 7.55. The van der Waals surface area contributed by atoms with Crippen molar-refractivity contribution in [1.82, 2.24) is 10.3 Å². The minimum atomic E-state index is -3.03. The van der Waals surface area contributed by atoms with Gasteiger partial charge in [-0.1, -0.05) is 6.07 Å². The standard InChI is InChI=1S/C20H22N2O4S2/c1-26-18-4-2-3-17-20(18)16(10-21-17)15(13-5-7-27-11-13)9-19(23)22-14-6-8-28(24,25)12-14/h2-5,7,10-11,14-15,21H,6,8-9,12H2,1H3,(H,22,23)/t14-,15-/m1/s1. The van der Waals surface area contributed by atoms with Gasteiger partial charge in [0.25, 0.3) is 0 Å². The number of amides is 1. The number of H-pyrrole nitrogens is 1. The number of fused-ring (bicyclic) bond motifs is 1. The first-order chi connectivity index (χ1) is 13.5. The Labute approximate surface area is 167 Å². The van der Waals surface area contributed by atoms with E-state index in [4.69, 9.17) is 4.74 Å². The van der Waals surface area contributed by atoms with Gasteiger partial charge in [0.2, 0.25) is 5.91 Å². The van der Waals surface area contributed by atoms with Crippen LogP contribution in [-0.4, -0.2) is 44.0 Å². The Balaban J connectivity index is 1.63. The minimum Gasteiger partial charge on any atom is -0.496 e. The molecule has 28 heavy (non-hydrogen) atoms. The second-order valence-corrected chi connectivity index (χ2v) is 10.1. The van der Waals surface area contributed by atoms with Gasteiger partial charge in [-0.2, -0.15) is 11.3 Å². The molecule has 0 aliphatic carbocycles. The minimum absolute atomic E-state index is 0.0305. The van der Waals surface area contributed by atoms with E-state index >= 15 is 0 Å². The van der Waals surface area contributed by atoms with Gasteiger partial charge >= 0.3 is 0 Å². The quantitative estimate of drug-likeness (QED) is 0.644. The second-order valence-electron chi connectivity index (χ2n) is 7.11. The first-order valence-corrected chi connectivity index (χ1v) is 11.9. The van der Waals surface area contributed by atoms with Crippen LogP contribution in [0.3, 0.4) is 0 Å². The van der Waals surface area contributed by atoms with Crippen LogP contribution in [0.5, 0.6) is 5.75 Å². The maximum atomic E-state index is 12.8. The van der Waals surface area contributed by atoms with Gasteiger partial charge in [-0.25, -0.2) is 8.42 Å². The molecule has 0 spiro atoms. The molecule has 1 aliphatic rings. The molecule has 3 aromatic rings. The van der Waals surface area contributed by atoms with Crippen LogP contribution in [0.4, 0.5) is 0 Å². The predicted molar refractivity (Wildman–Crippen MR) is 111 cm³/mol. The Bertz CT molecular complexity index is 1090. The third-order valence-corrected chi connectivity index (χ3v) is 7.70. The molecule has 1 saturated heterocycles. The molecule has 0 unspecified atom stereocenters. The highest BCUT2D eigenvalue weighted by Gasteiger charge is 2.30. The zero-order valence-electron chi connectivity index (χ0n) is 15.5. The fraction of sp³-hybridized carbons (Fsp3) is 0.350. The Morgan fingerprint density at radius 3 is 2.93 bits per heavy atom. The van der Waals surface area contributed by atoms with Crippen LogP contribution in [0, 0.1) is 0 Å². The zero-order valence-corrected chi connectivity index (χ0v) is 17.1. The largest absolute Gasteiger partial charge is 0.496 e. The summed E-state index contributed by atoms with van der Waals surface area (Å²) in [5.74, 6) is 0.655. The molecule has 4 rings (SSSR count). The van der Waals surface area contributed by atoms with Crippen molar-refractivity contribution in [3.05, 3.63) is 52.3 Å². The predicted octanol–water partition coefficient (Wildman–Crippen LogP) is 3.06. The summed E-state index contributed by atoms with van der Waals surface area (Å²) in [6.07, 6.45) is 2.67. The lowest BCUT2D eigenvalue weighted by Gasteiger charge is -2.18. The lowest BCUT2D eigenvalue weighted by atomic mass is 9.89. The van der Waals surface area contributed by atoms with Gasteiger partial charge in [0.1, 0.15) is 5.75 Å². The fourth-order valence-electron chi connectivity index (χ4n) is 3.88. The Morgan fingerprint density at radius 2 is 2.25 bits per heavy atom. The van der Waals surface area contributed by atoms with Crippen LogP contribution in [0.15, 0.2) is 41.2 Å². The number of aromatic nitrogens is 1. The summed E-state index contributed by atoms with van der Waals surface area (Å²) in [7, 11) is -1.39. The van der Waals surface area contributed by atoms with Gasteiger partial charge in [-0.05, 0) is 46.5 Å². The number of ether oxygens (including phenoxy) is 1. The van der Waals surface area contributed by atoms with E-state index in [0.29, 0.717) is 6.42 Å². The fourth-order valence-corrected chi connectivity index (χ4v) is 6.27. The molecule has 2 atom stereocenters. The van der Waals surface area contributed by atoms with E-state index in [9.17, 15) is 13.2 Å². The number of methoxy groups -OCH3 is 1. The van der Waals surface area contributed by atoms with Crippen LogP contribution in [0.25, 0.3) is 10.9 Å². The molecular formula is C20H22N2O4S2. The lowest BCUT2D eigenvalue weighted by molar-refractivity contribution is -0.121. The highest BCUT2D eigenvalue weighted by atomic mass is 32.2. The Kier molecular flexibility index (Phi) is 5.16. The maximum Gasteiger partial charge on any atom is 0.221 e. The van der Waals surface area contributed by atoms with Gasteiger partial charge in [0.05, 0.1) is 18.6 Å². The van der Waals surface area contributed by atoms with Crippen molar-refractivity contribution in [1.29, 1.82) is 0 Å². The highest BCUT2D eigenvalue weighted by molar-refractivity contribution is 7.91. The third-order valence-electron chi connectivity index (χ3n) is 5.23. The normalized spacial score (nSPS) is 19.5. The highest BCUT2D eigenvalue weighted by Crippen LogP contribution is 2.38. The lowest BCUT2D eigenvalue weighted by Crippen LogP contribution is -2.36. The van der Waals surface area contributed by atoms with E-state index in [-0.39, 0.29) is 35.8 Å². The number of hydrogen-bond donors (Lipinski definition) is 2. The zero-order chi connectivity index (χ0) is 19.7. The molecule has 148 valence electrons. The smallest absolute Gasteiger partial charge is 0.221 e. The van der Waals surface area contributed by atoms with Crippen LogP contribution in [0.1, 0.15) is 29.9 Å².